The lowest BCUT2D eigenvalue weighted by Gasteiger charge is -2.09. The summed E-state index contributed by atoms with van der Waals surface area (Å²) in [6, 6.07) is 6.59. The summed E-state index contributed by atoms with van der Waals surface area (Å²) in [6.45, 7) is 0. The van der Waals surface area contributed by atoms with Gasteiger partial charge in [-0.15, -0.1) is 0 Å². The minimum atomic E-state index is -3.21. The lowest BCUT2D eigenvalue weighted by atomic mass is 10.1. The molecular formula is C11H11NO3S. The van der Waals surface area contributed by atoms with E-state index < -0.39 is 15.4 Å². The largest absolute Gasteiger partial charge is 0.235 e. The number of nitrogens with zero attached hydrogens (tertiary/aromatic N) is 1. The molecular weight excluding hydrogens is 226 g/mol. The normalized spacial score (nSPS) is 17.6. The summed E-state index contributed by atoms with van der Waals surface area (Å²) in [5, 5.41) is 0. The first-order valence-electron chi connectivity index (χ1n) is 4.88. The van der Waals surface area contributed by atoms with Gasteiger partial charge in [0.15, 0.2) is 9.84 Å². The second-order valence-electron chi connectivity index (χ2n) is 4.03. The van der Waals surface area contributed by atoms with Crippen LogP contribution in [0.25, 0.3) is 0 Å². The van der Waals surface area contributed by atoms with Gasteiger partial charge in [0.1, 0.15) is 0 Å². The molecule has 1 aromatic carbocycles. The number of isocyanates is 1. The molecule has 0 aromatic heterocycles. The minimum Gasteiger partial charge on any atom is -0.224 e. The van der Waals surface area contributed by atoms with E-state index in [4.69, 9.17) is 0 Å². The van der Waals surface area contributed by atoms with Gasteiger partial charge in [-0.3, -0.25) is 0 Å². The number of aliphatic imine (C=N–C) groups is 1. The summed E-state index contributed by atoms with van der Waals surface area (Å²) in [5.74, 6) is 0. The average Bonchev–Trinajstić information content (AvgIpc) is 2.99. The number of rotatable bonds is 3. The third kappa shape index (κ3) is 1.92. The van der Waals surface area contributed by atoms with Gasteiger partial charge in [-0.1, -0.05) is 12.1 Å². The smallest absolute Gasteiger partial charge is 0.224 e. The highest BCUT2D eigenvalue weighted by molar-refractivity contribution is 7.90. The molecule has 0 saturated heterocycles. The molecule has 0 heterocycles. The maximum absolute atomic E-state index is 11.4. The van der Waals surface area contributed by atoms with Gasteiger partial charge in [0.2, 0.25) is 6.08 Å². The predicted octanol–water partition coefficient (Wildman–Crippen LogP) is 1.42. The van der Waals surface area contributed by atoms with Gasteiger partial charge in [0.05, 0.1) is 10.4 Å². The van der Waals surface area contributed by atoms with Gasteiger partial charge in [0.25, 0.3) is 0 Å². The van der Waals surface area contributed by atoms with E-state index in [1.807, 2.05) is 0 Å². The van der Waals surface area contributed by atoms with Crippen molar-refractivity contribution in [2.75, 3.05) is 6.26 Å². The monoisotopic (exact) mass is 237 g/mol. The summed E-state index contributed by atoms with van der Waals surface area (Å²) in [7, 11) is -3.21. The zero-order valence-electron chi connectivity index (χ0n) is 8.80. The van der Waals surface area contributed by atoms with Crippen LogP contribution in [-0.4, -0.2) is 20.8 Å². The molecule has 16 heavy (non-hydrogen) atoms. The minimum absolute atomic E-state index is 0.261. The Morgan fingerprint density at radius 2 is 2.06 bits per heavy atom. The van der Waals surface area contributed by atoms with E-state index in [1.165, 1.54) is 0 Å². The maximum Gasteiger partial charge on any atom is 0.235 e. The Bertz CT molecular complexity index is 567. The summed E-state index contributed by atoms with van der Waals surface area (Å²) in [6.07, 6.45) is 4.26. The predicted molar refractivity (Wildman–Crippen MR) is 58.6 cm³/mol. The molecule has 0 amide bonds. The van der Waals surface area contributed by atoms with Crippen molar-refractivity contribution in [3.05, 3.63) is 29.8 Å². The molecule has 84 valence electrons. The van der Waals surface area contributed by atoms with E-state index >= 15 is 0 Å². The van der Waals surface area contributed by atoms with E-state index in [0.29, 0.717) is 0 Å². The van der Waals surface area contributed by atoms with Crippen LogP contribution in [0.4, 0.5) is 0 Å². The zero-order chi connectivity index (χ0) is 11.8. The molecule has 0 unspecified atom stereocenters. The van der Waals surface area contributed by atoms with Crippen LogP contribution in [-0.2, 0) is 20.2 Å². The Labute approximate surface area is 93.9 Å². The Balaban J connectivity index is 2.49. The Morgan fingerprint density at radius 1 is 1.38 bits per heavy atom. The van der Waals surface area contributed by atoms with Crippen molar-refractivity contribution in [1.82, 2.24) is 0 Å². The summed E-state index contributed by atoms with van der Waals surface area (Å²) < 4.78 is 22.8. The topological polar surface area (TPSA) is 63.6 Å². The number of sulfone groups is 1. The molecule has 0 N–H and O–H groups in total. The molecule has 0 radical (unpaired) electrons. The molecule has 4 nitrogen and oxygen atoms in total. The van der Waals surface area contributed by atoms with E-state index in [9.17, 15) is 13.2 Å². The quantitative estimate of drug-likeness (QED) is 0.590. The summed E-state index contributed by atoms with van der Waals surface area (Å²) >= 11 is 0. The highest BCUT2D eigenvalue weighted by atomic mass is 32.2. The first kappa shape index (κ1) is 11.0. The number of hydrogen-bond acceptors (Lipinski definition) is 4. The van der Waals surface area contributed by atoms with Crippen molar-refractivity contribution in [1.29, 1.82) is 0 Å². The SMILES string of the molecule is CS(=O)(=O)c1cccc(C2(N=C=O)CC2)c1. The summed E-state index contributed by atoms with van der Waals surface area (Å²) in [4.78, 5) is 14.3. The Kier molecular flexibility index (Phi) is 2.45. The Morgan fingerprint density at radius 3 is 2.56 bits per heavy atom. The first-order valence-corrected chi connectivity index (χ1v) is 6.77. The van der Waals surface area contributed by atoms with Crippen LogP contribution >= 0.6 is 0 Å². The van der Waals surface area contributed by atoms with Gasteiger partial charge >= 0.3 is 0 Å². The molecule has 2 rings (SSSR count). The van der Waals surface area contributed by atoms with E-state index in [-0.39, 0.29) is 4.90 Å². The number of hydrogen-bond donors (Lipinski definition) is 0. The number of benzene rings is 1. The number of carbonyl (C=O) groups excluding carboxylic acids is 1. The molecule has 0 atom stereocenters. The molecule has 5 heteroatoms. The third-order valence-corrected chi connectivity index (χ3v) is 3.89. The van der Waals surface area contributed by atoms with Crippen molar-refractivity contribution in [3.8, 4) is 0 Å². The second kappa shape index (κ2) is 3.54. The van der Waals surface area contributed by atoms with Gasteiger partial charge in [0, 0.05) is 6.26 Å². The fraction of sp³-hybridized carbons (Fsp3) is 0.364. The fourth-order valence-corrected chi connectivity index (χ4v) is 2.35. The fourth-order valence-electron chi connectivity index (χ4n) is 1.69. The molecule has 0 bridgehead atoms. The molecule has 1 aliphatic carbocycles. The van der Waals surface area contributed by atoms with Crippen molar-refractivity contribution in [3.63, 3.8) is 0 Å². The summed E-state index contributed by atoms with van der Waals surface area (Å²) in [5.41, 5.74) is 0.265. The van der Waals surface area contributed by atoms with Crippen LogP contribution in [0.15, 0.2) is 34.2 Å². The zero-order valence-corrected chi connectivity index (χ0v) is 9.62. The highest BCUT2D eigenvalue weighted by Gasteiger charge is 2.45. The molecule has 1 fully saturated rings. The maximum atomic E-state index is 11.4. The van der Waals surface area contributed by atoms with E-state index in [2.05, 4.69) is 4.99 Å². The lowest BCUT2D eigenvalue weighted by Crippen LogP contribution is -2.05. The van der Waals surface area contributed by atoms with E-state index in [1.54, 1.807) is 30.3 Å². The van der Waals surface area contributed by atoms with Gasteiger partial charge in [-0.05, 0) is 30.5 Å². The third-order valence-electron chi connectivity index (χ3n) is 2.78. The van der Waals surface area contributed by atoms with Crippen LogP contribution < -0.4 is 0 Å². The lowest BCUT2D eigenvalue weighted by molar-refractivity contribution is 0.556. The highest BCUT2D eigenvalue weighted by Crippen LogP contribution is 2.49. The van der Waals surface area contributed by atoms with Crippen LogP contribution in [0.1, 0.15) is 18.4 Å². The van der Waals surface area contributed by atoms with Crippen molar-refractivity contribution in [2.24, 2.45) is 4.99 Å². The molecule has 1 aromatic rings. The van der Waals surface area contributed by atoms with Crippen molar-refractivity contribution >= 4 is 15.9 Å². The molecule has 1 saturated carbocycles. The van der Waals surface area contributed by atoms with Gasteiger partial charge in [-0.25, -0.2) is 13.2 Å². The standard InChI is InChI=1S/C11H11NO3S/c1-16(14,15)10-4-2-3-9(7-10)11(5-6-11)12-8-13/h2-4,7H,5-6H2,1H3. The van der Waals surface area contributed by atoms with Crippen LogP contribution in [0.3, 0.4) is 0 Å². The van der Waals surface area contributed by atoms with Crippen LogP contribution in [0.2, 0.25) is 0 Å². The molecule has 1 aliphatic rings. The van der Waals surface area contributed by atoms with Gasteiger partial charge < -0.3 is 0 Å². The second-order valence-corrected chi connectivity index (χ2v) is 6.05. The van der Waals surface area contributed by atoms with E-state index in [0.717, 1.165) is 24.7 Å². The van der Waals surface area contributed by atoms with Crippen molar-refractivity contribution in [2.45, 2.75) is 23.3 Å². The first-order chi connectivity index (χ1) is 7.48. The van der Waals surface area contributed by atoms with Crippen LogP contribution in [0.5, 0.6) is 0 Å². The van der Waals surface area contributed by atoms with Gasteiger partial charge in [-0.2, -0.15) is 4.99 Å². The molecule has 0 spiro atoms. The van der Waals surface area contributed by atoms with Crippen molar-refractivity contribution < 1.29 is 13.2 Å². The Hall–Kier alpha value is -1.45. The molecule has 0 aliphatic heterocycles. The van der Waals surface area contributed by atoms with Crippen LogP contribution in [0, 0.1) is 0 Å². The average molecular weight is 237 g/mol.